The molecule has 0 aromatic rings. The molecule has 0 amide bonds. The standard InChI is InChI=1S/C6H14N2O.H4N2/c7-2-1-6-5-8-3-4-9-6;1-2/h6,8H,1-5,7H2;1-2H2. The summed E-state index contributed by atoms with van der Waals surface area (Å²) in [6.45, 7) is 3.52. The van der Waals surface area contributed by atoms with Crippen LogP contribution >= 0.6 is 0 Å². The van der Waals surface area contributed by atoms with E-state index in [9.17, 15) is 0 Å². The molecule has 1 fully saturated rings. The first-order valence-electron chi connectivity index (χ1n) is 3.79. The summed E-state index contributed by atoms with van der Waals surface area (Å²) >= 11 is 0. The van der Waals surface area contributed by atoms with E-state index < -0.39 is 0 Å². The highest BCUT2D eigenvalue weighted by Crippen LogP contribution is 1.98. The van der Waals surface area contributed by atoms with Crippen LogP contribution in [0, 0.1) is 0 Å². The maximum atomic E-state index is 5.38. The van der Waals surface area contributed by atoms with Gasteiger partial charge in [-0.1, -0.05) is 0 Å². The molecule has 1 aliphatic rings. The van der Waals surface area contributed by atoms with Gasteiger partial charge in [0.15, 0.2) is 0 Å². The van der Waals surface area contributed by atoms with Gasteiger partial charge >= 0.3 is 0 Å². The molecule has 0 radical (unpaired) electrons. The van der Waals surface area contributed by atoms with Gasteiger partial charge in [0, 0.05) is 13.1 Å². The van der Waals surface area contributed by atoms with Crippen molar-refractivity contribution < 1.29 is 4.74 Å². The van der Waals surface area contributed by atoms with Crippen LogP contribution in [0.15, 0.2) is 0 Å². The predicted molar refractivity (Wildman–Crippen MR) is 44.7 cm³/mol. The molecular weight excluding hydrogens is 144 g/mol. The quantitative estimate of drug-likeness (QED) is 0.282. The first-order chi connectivity index (χ1) is 5.43. The van der Waals surface area contributed by atoms with Crippen LogP contribution in [0.1, 0.15) is 6.42 Å². The van der Waals surface area contributed by atoms with Crippen molar-refractivity contribution in [2.45, 2.75) is 12.5 Å². The maximum Gasteiger partial charge on any atom is 0.0712 e. The fraction of sp³-hybridized carbons (Fsp3) is 1.00. The lowest BCUT2D eigenvalue weighted by Gasteiger charge is -2.22. The Balaban J connectivity index is 0.000000461. The van der Waals surface area contributed by atoms with Gasteiger partial charge in [-0.15, -0.1) is 0 Å². The molecule has 68 valence electrons. The van der Waals surface area contributed by atoms with Crippen molar-refractivity contribution >= 4 is 0 Å². The summed E-state index contributed by atoms with van der Waals surface area (Å²) in [7, 11) is 0. The van der Waals surface area contributed by atoms with E-state index in [-0.39, 0.29) is 0 Å². The fourth-order valence-electron chi connectivity index (χ4n) is 0.991. The highest BCUT2D eigenvalue weighted by molar-refractivity contribution is 4.66. The number of hydrogen-bond acceptors (Lipinski definition) is 5. The lowest BCUT2D eigenvalue weighted by molar-refractivity contribution is 0.0252. The van der Waals surface area contributed by atoms with Crippen molar-refractivity contribution in [2.24, 2.45) is 17.4 Å². The van der Waals surface area contributed by atoms with E-state index in [1.165, 1.54) is 0 Å². The van der Waals surface area contributed by atoms with Crippen LogP contribution in [0.25, 0.3) is 0 Å². The third-order valence-electron chi connectivity index (χ3n) is 1.49. The lowest BCUT2D eigenvalue weighted by Crippen LogP contribution is -2.39. The Bertz CT molecular complexity index is 72.2. The number of morpholine rings is 1. The molecule has 5 heteroatoms. The van der Waals surface area contributed by atoms with Gasteiger partial charge in [0.05, 0.1) is 12.7 Å². The summed E-state index contributed by atoms with van der Waals surface area (Å²) in [4.78, 5) is 0. The van der Waals surface area contributed by atoms with Gasteiger partial charge in [0.2, 0.25) is 0 Å². The first-order valence-corrected chi connectivity index (χ1v) is 3.79. The third-order valence-corrected chi connectivity index (χ3v) is 1.49. The average Bonchev–Trinajstić information content (AvgIpc) is 2.11. The first kappa shape index (κ1) is 10.8. The minimum absolute atomic E-state index is 0.365. The number of nitrogens with one attached hydrogen (secondary N) is 1. The van der Waals surface area contributed by atoms with Crippen LogP contribution in [-0.2, 0) is 4.74 Å². The second-order valence-electron chi connectivity index (χ2n) is 2.27. The Morgan fingerprint density at radius 1 is 1.45 bits per heavy atom. The second-order valence-corrected chi connectivity index (χ2v) is 2.27. The molecule has 0 aromatic heterocycles. The molecule has 0 bridgehead atoms. The zero-order chi connectivity index (χ0) is 8.53. The number of hydrazine groups is 1. The topological polar surface area (TPSA) is 99.3 Å². The molecule has 1 unspecified atom stereocenters. The van der Waals surface area contributed by atoms with E-state index in [1.54, 1.807) is 0 Å². The van der Waals surface area contributed by atoms with Crippen LogP contribution in [0.2, 0.25) is 0 Å². The van der Waals surface area contributed by atoms with Crippen molar-refractivity contribution in [1.82, 2.24) is 5.32 Å². The minimum Gasteiger partial charge on any atom is -0.376 e. The van der Waals surface area contributed by atoms with E-state index >= 15 is 0 Å². The third kappa shape index (κ3) is 5.11. The van der Waals surface area contributed by atoms with Crippen molar-refractivity contribution in [1.29, 1.82) is 0 Å². The van der Waals surface area contributed by atoms with Gasteiger partial charge in [-0.05, 0) is 13.0 Å². The van der Waals surface area contributed by atoms with Gasteiger partial charge in [-0.2, -0.15) is 0 Å². The molecule has 0 aliphatic carbocycles. The van der Waals surface area contributed by atoms with Gasteiger partial charge < -0.3 is 15.8 Å². The van der Waals surface area contributed by atoms with Crippen molar-refractivity contribution in [3.05, 3.63) is 0 Å². The largest absolute Gasteiger partial charge is 0.376 e. The summed E-state index contributed by atoms with van der Waals surface area (Å²) in [6, 6.07) is 0. The lowest BCUT2D eigenvalue weighted by atomic mass is 10.2. The van der Waals surface area contributed by atoms with Crippen LogP contribution < -0.4 is 22.7 Å². The zero-order valence-electron chi connectivity index (χ0n) is 6.75. The number of ether oxygens (including phenoxy) is 1. The Labute approximate surface area is 67.2 Å². The highest BCUT2D eigenvalue weighted by atomic mass is 16.5. The highest BCUT2D eigenvalue weighted by Gasteiger charge is 2.10. The maximum absolute atomic E-state index is 5.38. The molecule has 0 saturated carbocycles. The van der Waals surface area contributed by atoms with E-state index in [4.69, 9.17) is 10.5 Å². The molecule has 0 aromatic carbocycles. The van der Waals surface area contributed by atoms with Crippen molar-refractivity contribution in [2.75, 3.05) is 26.2 Å². The second kappa shape index (κ2) is 7.90. The fourth-order valence-corrected chi connectivity index (χ4v) is 0.991. The van der Waals surface area contributed by atoms with Crippen molar-refractivity contribution in [3.63, 3.8) is 0 Å². The summed E-state index contributed by atoms with van der Waals surface area (Å²) in [5, 5.41) is 3.24. The summed E-state index contributed by atoms with van der Waals surface area (Å²) < 4.78 is 5.38. The average molecular weight is 162 g/mol. The molecule has 1 atom stereocenters. The number of nitrogens with two attached hydrogens (primary N) is 3. The molecule has 1 aliphatic heterocycles. The van der Waals surface area contributed by atoms with Crippen LogP contribution in [-0.4, -0.2) is 32.3 Å². The van der Waals surface area contributed by atoms with E-state index in [0.29, 0.717) is 6.10 Å². The molecule has 11 heavy (non-hydrogen) atoms. The summed E-state index contributed by atoms with van der Waals surface area (Å²) in [6.07, 6.45) is 1.34. The molecule has 5 nitrogen and oxygen atoms in total. The SMILES string of the molecule is NCCC1CNCCO1.NN. The van der Waals surface area contributed by atoms with E-state index in [1.807, 2.05) is 0 Å². The molecule has 7 N–H and O–H groups in total. The predicted octanol–water partition coefficient (Wildman–Crippen LogP) is -1.86. The number of rotatable bonds is 2. The summed E-state index contributed by atoms with van der Waals surface area (Å²) in [5.41, 5.74) is 5.35. The van der Waals surface area contributed by atoms with Gasteiger partial charge in [0.25, 0.3) is 0 Å². The monoisotopic (exact) mass is 162 g/mol. The van der Waals surface area contributed by atoms with Gasteiger partial charge in [0.1, 0.15) is 0 Å². The smallest absolute Gasteiger partial charge is 0.0712 e. The van der Waals surface area contributed by atoms with E-state index in [0.717, 1.165) is 32.7 Å². The normalized spacial score (nSPS) is 23.7. The van der Waals surface area contributed by atoms with Gasteiger partial charge in [-0.25, -0.2) is 0 Å². The molecular formula is C6H18N4O. The Hall–Kier alpha value is -0.200. The minimum atomic E-state index is 0.365. The Kier molecular flexibility index (Phi) is 7.76. The molecule has 1 heterocycles. The van der Waals surface area contributed by atoms with Crippen LogP contribution in [0.3, 0.4) is 0 Å². The Morgan fingerprint density at radius 3 is 2.64 bits per heavy atom. The van der Waals surface area contributed by atoms with Crippen LogP contribution in [0.4, 0.5) is 0 Å². The zero-order valence-corrected chi connectivity index (χ0v) is 6.75. The Morgan fingerprint density at radius 2 is 2.18 bits per heavy atom. The molecule has 1 rings (SSSR count). The van der Waals surface area contributed by atoms with Gasteiger partial charge in [-0.3, -0.25) is 11.7 Å². The van der Waals surface area contributed by atoms with E-state index in [2.05, 4.69) is 17.0 Å². The molecule has 0 spiro atoms. The van der Waals surface area contributed by atoms with Crippen molar-refractivity contribution in [3.8, 4) is 0 Å². The summed E-state index contributed by atoms with van der Waals surface area (Å²) in [5.74, 6) is 8.00. The van der Waals surface area contributed by atoms with Crippen LogP contribution in [0.5, 0.6) is 0 Å². The molecule has 1 saturated heterocycles. The number of hydrogen-bond donors (Lipinski definition) is 4.